The lowest BCUT2D eigenvalue weighted by Gasteiger charge is -2.26. The van der Waals surface area contributed by atoms with Gasteiger partial charge in [-0.05, 0) is 103 Å². The first kappa shape index (κ1) is 31.6. The van der Waals surface area contributed by atoms with Gasteiger partial charge in [0.25, 0.3) is 0 Å². The molecule has 2 heterocycles. The second-order valence-corrected chi connectivity index (χ2v) is 13.3. The van der Waals surface area contributed by atoms with Gasteiger partial charge in [-0.2, -0.15) is 0 Å². The quantitative estimate of drug-likeness (QED) is 0.152. The molecule has 52 heavy (non-hydrogen) atoms. The Hall–Kier alpha value is -6.34. The third-order valence-electron chi connectivity index (χ3n) is 9.97. The first-order valence-corrected chi connectivity index (χ1v) is 17.1. The molecule has 0 saturated heterocycles. The van der Waals surface area contributed by atoms with Crippen molar-refractivity contribution in [1.82, 2.24) is 9.13 Å². The highest BCUT2D eigenvalue weighted by Crippen LogP contribution is 2.41. The van der Waals surface area contributed by atoms with E-state index < -0.39 is 23.3 Å². The zero-order valence-electron chi connectivity index (χ0n) is 28.1. The Morgan fingerprint density at radius 1 is 0.404 bits per heavy atom. The summed E-state index contributed by atoms with van der Waals surface area (Å²) in [4.78, 5) is 2.24. The number of benzene rings is 7. The van der Waals surface area contributed by atoms with Crippen LogP contribution in [0.2, 0.25) is 0 Å². The van der Waals surface area contributed by atoms with Crippen LogP contribution < -0.4 is 4.90 Å². The Labute approximate surface area is 297 Å². The minimum atomic E-state index is -0.863. The molecule has 7 aromatic carbocycles. The second kappa shape index (κ2) is 12.5. The van der Waals surface area contributed by atoms with E-state index in [1.807, 2.05) is 24.3 Å². The van der Waals surface area contributed by atoms with Crippen molar-refractivity contribution < 1.29 is 17.6 Å². The third-order valence-corrected chi connectivity index (χ3v) is 9.97. The van der Waals surface area contributed by atoms with Crippen molar-refractivity contribution in [3.05, 3.63) is 186 Å². The van der Waals surface area contributed by atoms with Crippen molar-refractivity contribution in [3.63, 3.8) is 0 Å². The number of hydrogen-bond donors (Lipinski definition) is 0. The number of aryl methyl sites for hydroxylation is 1. The molecule has 0 amide bonds. The number of para-hydroxylation sites is 2. The summed E-state index contributed by atoms with van der Waals surface area (Å²) >= 11 is 0. The van der Waals surface area contributed by atoms with Crippen LogP contribution in [-0.4, -0.2) is 9.13 Å². The molecule has 0 unspecified atom stereocenters. The highest BCUT2D eigenvalue weighted by molar-refractivity contribution is 6.11. The monoisotopic (exact) mass is 689 g/mol. The molecule has 0 N–H and O–H groups in total. The zero-order chi connectivity index (χ0) is 35.5. The molecule has 254 valence electrons. The van der Waals surface area contributed by atoms with Crippen LogP contribution >= 0.6 is 0 Å². The highest BCUT2D eigenvalue weighted by atomic mass is 19.2. The largest absolute Gasteiger partial charge is 0.336 e. The summed E-state index contributed by atoms with van der Waals surface area (Å²) in [7, 11) is 0. The normalized spacial score (nSPS) is 11.7. The lowest BCUT2D eigenvalue weighted by Crippen LogP contribution is -2.10. The molecule has 0 aliphatic carbocycles. The molecule has 9 aromatic rings. The topological polar surface area (TPSA) is 13.1 Å². The molecule has 3 nitrogen and oxygen atoms in total. The Kier molecular flexibility index (Phi) is 7.58. The fourth-order valence-electron chi connectivity index (χ4n) is 7.48. The van der Waals surface area contributed by atoms with Crippen LogP contribution in [0.3, 0.4) is 0 Å². The molecule has 7 heteroatoms. The Morgan fingerprint density at radius 2 is 0.827 bits per heavy atom. The Morgan fingerprint density at radius 3 is 1.29 bits per heavy atom. The maximum absolute atomic E-state index is 14.2. The van der Waals surface area contributed by atoms with Crippen molar-refractivity contribution in [1.29, 1.82) is 0 Å². The first-order chi connectivity index (χ1) is 25.3. The van der Waals surface area contributed by atoms with Gasteiger partial charge in [0.15, 0.2) is 23.3 Å². The summed E-state index contributed by atoms with van der Waals surface area (Å²) in [6, 6.07) is 45.6. The number of anilines is 3. The lowest BCUT2D eigenvalue weighted by molar-refractivity contribution is 0.506. The second-order valence-electron chi connectivity index (χ2n) is 13.3. The number of halogens is 4. The van der Waals surface area contributed by atoms with Crippen LogP contribution in [0.5, 0.6) is 0 Å². The van der Waals surface area contributed by atoms with Crippen LogP contribution in [0.1, 0.15) is 16.7 Å². The van der Waals surface area contributed by atoms with Gasteiger partial charge >= 0.3 is 0 Å². The van der Waals surface area contributed by atoms with E-state index in [1.54, 1.807) is 12.1 Å². The van der Waals surface area contributed by atoms with Gasteiger partial charge in [-0.15, -0.1) is 0 Å². The van der Waals surface area contributed by atoms with Crippen LogP contribution in [-0.2, 0) is 13.1 Å². The van der Waals surface area contributed by atoms with Gasteiger partial charge in [0.1, 0.15) is 0 Å². The summed E-state index contributed by atoms with van der Waals surface area (Å²) in [6.45, 7) is 2.83. The minimum absolute atomic E-state index is 0.382. The summed E-state index contributed by atoms with van der Waals surface area (Å²) < 4.78 is 60.3. The standard InChI is InChI=1S/C45H31F4N3/c1-28-10-14-31(15-11-28)52(32-16-20-44-36(24-32)34-6-2-4-8-42(34)50(44)26-29-12-18-38(46)40(48)22-29)33-17-21-45-37(25-33)35-7-3-5-9-43(35)51(45)27-30-13-19-39(47)41(49)23-30/h2-25H,26-27H2,1H3. The van der Waals surface area contributed by atoms with Gasteiger partial charge < -0.3 is 14.0 Å². The molecule has 0 radical (unpaired) electrons. The molecular formula is C45H31F4N3. The SMILES string of the molecule is Cc1ccc(N(c2ccc3c(c2)c2ccccc2n3Cc2ccc(F)c(F)c2)c2ccc3c(c2)c2ccccc2n3Cc2ccc(F)c(F)c2)cc1. The van der Waals surface area contributed by atoms with Gasteiger partial charge in [0.2, 0.25) is 0 Å². The number of fused-ring (bicyclic) bond motifs is 6. The number of nitrogens with zero attached hydrogens (tertiary/aromatic N) is 3. The van der Waals surface area contributed by atoms with Crippen molar-refractivity contribution in [3.8, 4) is 0 Å². The molecule has 0 aliphatic heterocycles. The molecule has 0 spiro atoms. The smallest absolute Gasteiger partial charge is 0.159 e. The van der Waals surface area contributed by atoms with Gasteiger partial charge in [-0.3, -0.25) is 0 Å². The van der Waals surface area contributed by atoms with E-state index in [-0.39, 0.29) is 0 Å². The molecule has 0 fully saturated rings. The summed E-state index contributed by atoms with van der Waals surface area (Å²) in [6.07, 6.45) is 0. The van der Waals surface area contributed by atoms with Gasteiger partial charge in [0, 0.05) is 73.8 Å². The van der Waals surface area contributed by atoms with E-state index in [2.05, 4.69) is 106 Å². The van der Waals surface area contributed by atoms with E-state index in [0.29, 0.717) is 24.2 Å². The van der Waals surface area contributed by atoms with Crippen molar-refractivity contribution in [2.45, 2.75) is 20.0 Å². The van der Waals surface area contributed by atoms with Crippen LogP contribution in [0.15, 0.2) is 146 Å². The van der Waals surface area contributed by atoms with Crippen LogP contribution in [0.25, 0.3) is 43.6 Å². The Bertz CT molecular complexity index is 2640. The van der Waals surface area contributed by atoms with Crippen molar-refractivity contribution in [2.24, 2.45) is 0 Å². The lowest BCUT2D eigenvalue weighted by atomic mass is 10.1. The zero-order valence-corrected chi connectivity index (χ0v) is 28.1. The number of aromatic nitrogens is 2. The number of hydrogen-bond acceptors (Lipinski definition) is 1. The molecule has 9 rings (SSSR count). The maximum atomic E-state index is 14.2. The highest BCUT2D eigenvalue weighted by Gasteiger charge is 2.20. The molecule has 0 saturated carbocycles. The maximum Gasteiger partial charge on any atom is 0.159 e. The average molecular weight is 690 g/mol. The summed E-state index contributed by atoms with van der Waals surface area (Å²) in [5.74, 6) is -3.45. The van der Waals surface area contributed by atoms with E-state index in [1.165, 1.54) is 24.3 Å². The predicted octanol–water partition coefficient (Wildman–Crippen LogP) is 12.3. The van der Waals surface area contributed by atoms with Gasteiger partial charge in [-0.1, -0.05) is 66.2 Å². The van der Waals surface area contributed by atoms with Crippen molar-refractivity contribution >= 4 is 60.7 Å². The average Bonchev–Trinajstić information content (AvgIpc) is 3.64. The van der Waals surface area contributed by atoms with E-state index in [9.17, 15) is 17.6 Å². The minimum Gasteiger partial charge on any atom is -0.336 e. The van der Waals surface area contributed by atoms with Gasteiger partial charge in [-0.25, -0.2) is 17.6 Å². The van der Waals surface area contributed by atoms with E-state index in [0.717, 1.165) is 66.2 Å². The molecule has 0 aliphatic rings. The van der Waals surface area contributed by atoms with Gasteiger partial charge in [0.05, 0.1) is 0 Å². The summed E-state index contributed by atoms with van der Waals surface area (Å²) in [5.41, 5.74) is 9.34. The molecule has 2 aromatic heterocycles. The molecule has 0 atom stereocenters. The molecule has 0 bridgehead atoms. The fraction of sp³-hybridized carbons (Fsp3) is 0.0667. The van der Waals surface area contributed by atoms with Crippen LogP contribution in [0, 0.1) is 30.2 Å². The Balaban J connectivity index is 1.21. The van der Waals surface area contributed by atoms with Crippen LogP contribution in [0.4, 0.5) is 34.6 Å². The number of rotatable bonds is 7. The first-order valence-electron chi connectivity index (χ1n) is 17.1. The van der Waals surface area contributed by atoms with Crippen molar-refractivity contribution in [2.75, 3.05) is 4.90 Å². The predicted molar refractivity (Wildman–Crippen MR) is 203 cm³/mol. The third kappa shape index (κ3) is 5.37. The fourth-order valence-corrected chi connectivity index (χ4v) is 7.48. The van der Waals surface area contributed by atoms with E-state index >= 15 is 0 Å². The van der Waals surface area contributed by atoms with E-state index in [4.69, 9.17) is 0 Å². The summed E-state index contributed by atoms with van der Waals surface area (Å²) in [5, 5.41) is 4.19. The molecular weight excluding hydrogens is 659 g/mol.